The zero-order valence-electron chi connectivity index (χ0n) is 17.2. The fourth-order valence-electron chi connectivity index (χ4n) is 2.99. The minimum absolute atomic E-state index is 0.0650. The van der Waals surface area contributed by atoms with E-state index in [4.69, 9.17) is 0 Å². The molecule has 0 saturated carbocycles. The molecule has 1 N–H and O–H groups in total. The van der Waals surface area contributed by atoms with Crippen molar-refractivity contribution in [1.29, 1.82) is 0 Å². The van der Waals surface area contributed by atoms with E-state index in [1.165, 1.54) is 17.0 Å². The number of urea groups is 1. The molecule has 3 aromatic rings. The lowest BCUT2D eigenvalue weighted by molar-refractivity contribution is 0.199. The van der Waals surface area contributed by atoms with Gasteiger partial charge in [-0.05, 0) is 38.0 Å². The topological polar surface area (TPSA) is 84.3 Å². The standard InChI is InChI=1S/C22H26N4O3S/c1-18-4-8-20(9-5-18)16-26(14-3-13-25-15-12-23-17-25)22(27)24-30(28,29)21-10-6-19(2)7-11-21/h4-12,15,17H,3,13-14,16H2,1-2H3,(H,24,27). The summed E-state index contributed by atoms with van der Waals surface area (Å²) in [6.45, 7) is 5.27. The Morgan fingerprint density at radius 3 is 2.27 bits per heavy atom. The number of benzene rings is 2. The molecule has 30 heavy (non-hydrogen) atoms. The van der Waals surface area contributed by atoms with Gasteiger partial charge in [-0.25, -0.2) is 22.9 Å². The Hall–Kier alpha value is -3.13. The zero-order chi connectivity index (χ0) is 21.6. The molecule has 0 spiro atoms. The zero-order valence-corrected chi connectivity index (χ0v) is 18.0. The van der Waals surface area contributed by atoms with Crippen molar-refractivity contribution in [1.82, 2.24) is 19.2 Å². The number of carbonyl (C=O) groups is 1. The highest BCUT2D eigenvalue weighted by molar-refractivity contribution is 7.90. The molecule has 0 bridgehead atoms. The number of aryl methyl sites for hydroxylation is 3. The number of nitrogens with one attached hydrogen (secondary N) is 1. The van der Waals surface area contributed by atoms with Gasteiger partial charge in [-0.2, -0.15) is 0 Å². The average Bonchev–Trinajstić information content (AvgIpc) is 3.22. The SMILES string of the molecule is Cc1ccc(CN(CCCn2ccnc2)C(=O)NS(=O)(=O)c2ccc(C)cc2)cc1. The molecule has 0 aliphatic heterocycles. The lowest BCUT2D eigenvalue weighted by Crippen LogP contribution is -2.43. The predicted molar refractivity (Wildman–Crippen MR) is 115 cm³/mol. The van der Waals surface area contributed by atoms with Crippen LogP contribution in [0.2, 0.25) is 0 Å². The Balaban J connectivity index is 1.72. The first-order valence-corrected chi connectivity index (χ1v) is 11.2. The highest BCUT2D eigenvalue weighted by Crippen LogP contribution is 2.12. The summed E-state index contributed by atoms with van der Waals surface area (Å²) < 4.78 is 29.4. The van der Waals surface area contributed by atoms with E-state index >= 15 is 0 Å². The van der Waals surface area contributed by atoms with Crippen molar-refractivity contribution in [2.45, 2.75) is 38.3 Å². The molecule has 7 nitrogen and oxygen atoms in total. The van der Waals surface area contributed by atoms with Gasteiger partial charge in [0.15, 0.2) is 0 Å². The first-order valence-electron chi connectivity index (χ1n) is 9.73. The maximum Gasteiger partial charge on any atom is 0.331 e. The van der Waals surface area contributed by atoms with Crippen LogP contribution in [0.15, 0.2) is 72.1 Å². The second-order valence-corrected chi connectivity index (χ2v) is 8.97. The second kappa shape index (κ2) is 9.58. The summed E-state index contributed by atoms with van der Waals surface area (Å²) in [7, 11) is -3.94. The Morgan fingerprint density at radius 1 is 1.03 bits per heavy atom. The summed E-state index contributed by atoms with van der Waals surface area (Å²) in [6, 6.07) is 13.6. The van der Waals surface area contributed by atoms with Crippen LogP contribution in [-0.2, 0) is 23.1 Å². The smallest absolute Gasteiger partial charge is 0.331 e. The number of aromatic nitrogens is 2. The van der Waals surface area contributed by atoms with Crippen molar-refractivity contribution >= 4 is 16.1 Å². The minimum atomic E-state index is -3.94. The molecule has 8 heteroatoms. The van der Waals surface area contributed by atoms with Crippen LogP contribution < -0.4 is 4.72 Å². The summed E-state index contributed by atoms with van der Waals surface area (Å²) in [6.07, 6.45) is 5.93. The van der Waals surface area contributed by atoms with Crippen LogP contribution in [0, 0.1) is 13.8 Å². The van der Waals surface area contributed by atoms with Gasteiger partial charge in [0.05, 0.1) is 11.2 Å². The van der Waals surface area contributed by atoms with E-state index in [2.05, 4.69) is 9.71 Å². The number of nitrogens with zero attached hydrogens (tertiary/aromatic N) is 3. The summed E-state index contributed by atoms with van der Waals surface area (Å²) in [5.74, 6) is 0. The predicted octanol–water partition coefficient (Wildman–Crippen LogP) is 3.49. The fraction of sp³-hybridized carbons (Fsp3) is 0.273. The number of hydrogen-bond donors (Lipinski definition) is 1. The molecule has 0 aliphatic rings. The second-order valence-electron chi connectivity index (χ2n) is 7.28. The van der Waals surface area contributed by atoms with Gasteiger partial charge in [-0.15, -0.1) is 0 Å². The van der Waals surface area contributed by atoms with Crippen molar-refractivity contribution in [2.24, 2.45) is 0 Å². The van der Waals surface area contributed by atoms with E-state index in [9.17, 15) is 13.2 Å². The molecule has 0 atom stereocenters. The van der Waals surface area contributed by atoms with Gasteiger partial charge in [0.1, 0.15) is 0 Å². The van der Waals surface area contributed by atoms with Crippen LogP contribution in [-0.4, -0.2) is 35.4 Å². The fourth-order valence-corrected chi connectivity index (χ4v) is 3.96. The van der Waals surface area contributed by atoms with Gasteiger partial charge in [0.25, 0.3) is 10.0 Å². The van der Waals surface area contributed by atoms with Crippen molar-refractivity contribution in [3.05, 3.63) is 83.9 Å². The van der Waals surface area contributed by atoms with Crippen LogP contribution in [0.25, 0.3) is 0 Å². The minimum Gasteiger partial charge on any atom is -0.337 e. The summed E-state index contributed by atoms with van der Waals surface area (Å²) in [5, 5.41) is 0. The lowest BCUT2D eigenvalue weighted by atomic mass is 10.1. The van der Waals surface area contributed by atoms with E-state index in [0.29, 0.717) is 26.1 Å². The average molecular weight is 427 g/mol. The van der Waals surface area contributed by atoms with Gasteiger partial charge in [0, 0.05) is 32.0 Å². The third-order valence-corrected chi connectivity index (χ3v) is 6.07. The van der Waals surface area contributed by atoms with Crippen molar-refractivity contribution in [3.8, 4) is 0 Å². The van der Waals surface area contributed by atoms with E-state index in [1.807, 2.05) is 48.9 Å². The molecule has 0 aliphatic carbocycles. The number of hydrogen-bond acceptors (Lipinski definition) is 4. The molecule has 1 aromatic heterocycles. The van der Waals surface area contributed by atoms with E-state index < -0.39 is 16.1 Å². The Kier molecular flexibility index (Phi) is 6.89. The summed E-state index contributed by atoms with van der Waals surface area (Å²) in [5.41, 5.74) is 3.00. The number of amides is 2. The third-order valence-electron chi connectivity index (χ3n) is 4.74. The van der Waals surface area contributed by atoms with E-state index in [-0.39, 0.29) is 4.90 Å². The van der Waals surface area contributed by atoms with Crippen LogP contribution in [0.4, 0.5) is 4.79 Å². The third kappa shape index (κ3) is 5.93. The van der Waals surface area contributed by atoms with Crippen molar-refractivity contribution in [3.63, 3.8) is 0 Å². The molecule has 158 valence electrons. The molecule has 0 radical (unpaired) electrons. The molecule has 0 saturated heterocycles. The number of rotatable bonds is 8. The molecule has 0 fully saturated rings. The molecule has 0 unspecified atom stereocenters. The Labute approximate surface area is 177 Å². The van der Waals surface area contributed by atoms with E-state index in [1.54, 1.807) is 24.7 Å². The molecule has 2 aromatic carbocycles. The molecule has 3 rings (SSSR count). The van der Waals surface area contributed by atoms with Gasteiger partial charge in [0.2, 0.25) is 0 Å². The van der Waals surface area contributed by atoms with Gasteiger partial charge >= 0.3 is 6.03 Å². The summed E-state index contributed by atoms with van der Waals surface area (Å²) >= 11 is 0. The lowest BCUT2D eigenvalue weighted by Gasteiger charge is -2.23. The van der Waals surface area contributed by atoms with Crippen molar-refractivity contribution < 1.29 is 13.2 Å². The van der Waals surface area contributed by atoms with Crippen LogP contribution in [0.1, 0.15) is 23.1 Å². The van der Waals surface area contributed by atoms with Gasteiger partial charge in [-0.3, -0.25) is 0 Å². The van der Waals surface area contributed by atoms with Crippen LogP contribution in [0.3, 0.4) is 0 Å². The Morgan fingerprint density at radius 2 is 1.67 bits per heavy atom. The number of sulfonamides is 1. The van der Waals surface area contributed by atoms with Gasteiger partial charge < -0.3 is 9.47 Å². The van der Waals surface area contributed by atoms with Gasteiger partial charge in [-0.1, -0.05) is 47.5 Å². The number of imidazole rings is 1. The van der Waals surface area contributed by atoms with Crippen LogP contribution >= 0.6 is 0 Å². The maximum absolute atomic E-state index is 12.9. The molecule has 2 amide bonds. The first-order chi connectivity index (χ1) is 14.3. The summed E-state index contributed by atoms with van der Waals surface area (Å²) in [4.78, 5) is 18.5. The normalized spacial score (nSPS) is 11.3. The van der Waals surface area contributed by atoms with Crippen LogP contribution in [0.5, 0.6) is 0 Å². The quantitative estimate of drug-likeness (QED) is 0.598. The molecular formula is C22H26N4O3S. The first kappa shape index (κ1) is 21.6. The highest BCUT2D eigenvalue weighted by atomic mass is 32.2. The van der Waals surface area contributed by atoms with E-state index in [0.717, 1.165) is 16.7 Å². The molecular weight excluding hydrogens is 400 g/mol. The highest BCUT2D eigenvalue weighted by Gasteiger charge is 2.22. The Bertz CT molecular complexity index is 1060. The number of carbonyl (C=O) groups excluding carboxylic acids is 1. The maximum atomic E-state index is 12.9. The van der Waals surface area contributed by atoms with Crippen molar-refractivity contribution in [2.75, 3.05) is 6.54 Å². The largest absolute Gasteiger partial charge is 0.337 e. The molecule has 1 heterocycles. The monoisotopic (exact) mass is 426 g/mol.